The zero-order valence-electron chi connectivity index (χ0n) is 12.7. The van der Waals surface area contributed by atoms with Gasteiger partial charge >= 0.3 is 5.97 Å². The van der Waals surface area contributed by atoms with Crippen molar-refractivity contribution in [2.75, 3.05) is 0 Å². The Morgan fingerprint density at radius 3 is 2.22 bits per heavy atom. The van der Waals surface area contributed by atoms with E-state index in [2.05, 4.69) is 33.9 Å². The summed E-state index contributed by atoms with van der Waals surface area (Å²) in [7, 11) is -1.70. The average Bonchev–Trinajstić information content (AvgIpc) is 2.14. The summed E-state index contributed by atoms with van der Waals surface area (Å²) in [6.45, 7) is 12.8. The molecule has 0 unspecified atom stereocenters. The van der Waals surface area contributed by atoms with Crippen LogP contribution in [-0.4, -0.2) is 26.5 Å². The number of carbonyl (C=O) groups is 1. The van der Waals surface area contributed by atoms with Crippen molar-refractivity contribution in [2.24, 2.45) is 0 Å². The molecule has 1 saturated carbocycles. The summed E-state index contributed by atoms with van der Waals surface area (Å²) in [6, 6.07) is 0. The lowest BCUT2D eigenvalue weighted by molar-refractivity contribution is -0.149. The second-order valence-electron chi connectivity index (χ2n) is 6.90. The molecule has 0 aromatic carbocycles. The van der Waals surface area contributed by atoms with Crippen LogP contribution in [0, 0.1) is 0 Å². The first-order valence-corrected chi connectivity index (χ1v) is 9.88. The van der Waals surface area contributed by atoms with Crippen molar-refractivity contribution < 1.29 is 14.0 Å². The van der Waals surface area contributed by atoms with Crippen molar-refractivity contribution in [2.45, 2.75) is 83.7 Å². The van der Waals surface area contributed by atoms with Gasteiger partial charge in [-0.25, -0.2) is 0 Å². The quantitative estimate of drug-likeness (QED) is 0.577. The van der Waals surface area contributed by atoms with Gasteiger partial charge < -0.3 is 9.16 Å². The Balaban J connectivity index is 2.55. The van der Waals surface area contributed by atoms with Gasteiger partial charge in [-0.15, -0.1) is 0 Å². The highest BCUT2D eigenvalue weighted by molar-refractivity contribution is 6.74. The van der Waals surface area contributed by atoms with Gasteiger partial charge in [-0.2, -0.15) is 0 Å². The predicted octanol–water partition coefficient (Wildman–Crippen LogP) is 3.88. The molecule has 2 atom stereocenters. The van der Waals surface area contributed by atoms with Gasteiger partial charge in [0.05, 0.1) is 0 Å². The first-order valence-electron chi connectivity index (χ1n) is 6.97. The molecule has 0 spiro atoms. The van der Waals surface area contributed by atoms with Crippen LogP contribution in [0.5, 0.6) is 0 Å². The molecule has 1 aliphatic rings. The van der Waals surface area contributed by atoms with Gasteiger partial charge in [0, 0.05) is 19.4 Å². The summed E-state index contributed by atoms with van der Waals surface area (Å²) in [5, 5.41) is 0.237. The lowest BCUT2D eigenvalue weighted by atomic mass is 9.95. The Kier molecular flexibility index (Phi) is 5.01. The number of ether oxygens (including phenoxy) is 1. The summed E-state index contributed by atoms with van der Waals surface area (Å²) in [4.78, 5) is 11.0. The minimum atomic E-state index is -1.70. The molecule has 1 aliphatic carbocycles. The lowest BCUT2D eigenvalue weighted by Gasteiger charge is -2.41. The van der Waals surface area contributed by atoms with Crippen molar-refractivity contribution in [1.82, 2.24) is 0 Å². The number of hydrogen-bond donors (Lipinski definition) is 0. The van der Waals surface area contributed by atoms with Crippen LogP contribution in [0.1, 0.15) is 53.4 Å². The van der Waals surface area contributed by atoms with Crippen LogP contribution in [0.3, 0.4) is 0 Å². The average molecular weight is 272 g/mol. The molecule has 106 valence electrons. The van der Waals surface area contributed by atoms with Crippen molar-refractivity contribution in [1.29, 1.82) is 0 Å². The Morgan fingerprint density at radius 2 is 1.72 bits per heavy atom. The SMILES string of the molecule is CC(=O)O[C@H]1CCC[C@@H](O[Si](C)(C)C(C)(C)C)C1. The first kappa shape index (κ1) is 15.7. The van der Waals surface area contributed by atoms with E-state index in [0.29, 0.717) is 0 Å². The smallest absolute Gasteiger partial charge is 0.302 e. The van der Waals surface area contributed by atoms with Crippen molar-refractivity contribution in [3.05, 3.63) is 0 Å². The second kappa shape index (κ2) is 5.74. The third kappa shape index (κ3) is 4.39. The van der Waals surface area contributed by atoms with Crippen LogP contribution in [0.4, 0.5) is 0 Å². The van der Waals surface area contributed by atoms with Crippen LogP contribution in [0.2, 0.25) is 18.1 Å². The number of esters is 1. The lowest BCUT2D eigenvalue weighted by Crippen LogP contribution is -2.45. The van der Waals surface area contributed by atoms with Gasteiger partial charge in [0.25, 0.3) is 0 Å². The van der Waals surface area contributed by atoms with Gasteiger partial charge in [-0.05, 0) is 37.4 Å². The normalized spacial score (nSPS) is 25.9. The molecule has 4 heteroatoms. The molecule has 0 bridgehead atoms. The zero-order chi connectivity index (χ0) is 14.0. The Labute approximate surface area is 112 Å². The monoisotopic (exact) mass is 272 g/mol. The molecule has 0 N–H and O–H groups in total. The van der Waals surface area contributed by atoms with E-state index in [1.807, 2.05) is 0 Å². The van der Waals surface area contributed by atoms with Crippen LogP contribution in [-0.2, 0) is 14.0 Å². The molecule has 1 rings (SSSR count). The zero-order valence-corrected chi connectivity index (χ0v) is 13.7. The van der Waals surface area contributed by atoms with Crippen molar-refractivity contribution in [3.8, 4) is 0 Å². The fraction of sp³-hybridized carbons (Fsp3) is 0.929. The van der Waals surface area contributed by atoms with Gasteiger partial charge in [0.15, 0.2) is 8.32 Å². The summed E-state index contributed by atoms with van der Waals surface area (Å²) in [5.41, 5.74) is 0. The van der Waals surface area contributed by atoms with E-state index in [1.54, 1.807) is 0 Å². The molecule has 0 aromatic rings. The van der Waals surface area contributed by atoms with E-state index in [9.17, 15) is 4.79 Å². The predicted molar refractivity (Wildman–Crippen MR) is 76.1 cm³/mol. The third-order valence-corrected chi connectivity index (χ3v) is 8.71. The number of hydrogen-bond acceptors (Lipinski definition) is 3. The van der Waals surface area contributed by atoms with E-state index in [4.69, 9.17) is 9.16 Å². The van der Waals surface area contributed by atoms with E-state index >= 15 is 0 Å². The standard InChI is InChI=1S/C14H28O3Si/c1-11(15)16-12-8-7-9-13(10-12)17-18(5,6)14(2,3)4/h12-13H,7-10H2,1-6H3/t12-,13+/m0/s1. The first-order chi connectivity index (χ1) is 8.12. The van der Waals surface area contributed by atoms with E-state index in [0.717, 1.165) is 25.7 Å². The van der Waals surface area contributed by atoms with Gasteiger partial charge in [0.2, 0.25) is 0 Å². The minimum absolute atomic E-state index is 0.0611. The molecule has 0 amide bonds. The molecule has 0 saturated heterocycles. The Hall–Kier alpha value is -0.353. The highest BCUT2D eigenvalue weighted by Gasteiger charge is 2.40. The molecule has 0 heterocycles. The maximum atomic E-state index is 11.0. The molecule has 3 nitrogen and oxygen atoms in total. The van der Waals surface area contributed by atoms with Gasteiger partial charge in [0.1, 0.15) is 6.10 Å². The second-order valence-corrected chi connectivity index (χ2v) is 11.7. The van der Waals surface area contributed by atoms with E-state index < -0.39 is 8.32 Å². The topological polar surface area (TPSA) is 35.5 Å². The molecule has 1 fully saturated rings. The van der Waals surface area contributed by atoms with Gasteiger partial charge in [-0.3, -0.25) is 4.79 Å². The number of rotatable bonds is 3. The third-order valence-electron chi connectivity index (χ3n) is 4.18. The fourth-order valence-corrected chi connectivity index (χ4v) is 3.55. The van der Waals surface area contributed by atoms with Gasteiger partial charge in [-0.1, -0.05) is 20.8 Å². The maximum absolute atomic E-state index is 11.0. The summed E-state index contributed by atoms with van der Waals surface area (Å²) >= 11 is 0. The molecule has 18 heavy (non-hydrogen) atoms. The number of carbonyl (C=O) groups excluding carboxylic acids is 1. The van der Waals surface area contributed by atoms with Crippen molar-refractivity contribution in [3.63, 3.8) is 0 Å². The van der Waals surface area contributed by atoms with Crippen LogP contribution >= 0.6 is 0 Å². The van der Waals surface area contributed by atoms with Crippen molar-refractivity contribution >= 4 is 14.3 Å². The maximum Gasteiger partial charge on any atom is 0.302 e. The molecular formula is C14H28O3Si. The highest BCUT2D eigenvalue weighted by Crippen LogP contribution is 2.39. The summed E-state index contributed by atoms with van der Waals surface area (Å²) < 4.78 is 11.7. The van der Waals surface area contributed by atoms with Crippen LogP contribution in [0.25, 0.3) is 0 Å². The Morgan fingerprint density at radius 1 is 1.17 bits per heavy atom. The van der Waals surface area contributed by atoms with E-state index in [1.165, 1.54) is 6.92 Å². The highest BCUT2D eigenvalue weighted by atomic mass is 28.4. The molecule has 0 aliphatic heterocycles. The molecular weight excluding hydrogens is 244 g/mol. The molecule has 0 radical (unpaired) electrons. The fourth-order valence-electron chi connectivity index (χ4n) is 2.14. The summed E-state index contributed by atoms with van der Waals surface area (Å²) in [5.74, 6) is -0.173. The van der Waals surface area contributed by atoms with E-state index in [-0.39, 0.29) is 23.2 Å². The van der Waals surface area contributed by atoms with Crippen LogP contribution in [0.15, 0.2) is 0 Å². The Bertz CT molecular complexity index is 294. The largest absolute Gasteiger partial charge is 0.462 e. The van der Waals surface area contributed by atoms with Crippen LogP contribution < -0.4 is 0 Å². The summed E-state index contributed by atoms with van der Waals surface area (Å²) in [6.07, 6.45) is 4.37. The molecule has 0 aromatic heterocycles. The minimum Gasteiger partial charge on any atom is -0.462 e.